The Kier molecular flexibility index (Phi) is 5.59. The number of ether oxygens (including phenoxy) is 1. The molecule has 1 fully saturated rings. The molecular weight excluding hydrogens is 422 g/mol. The largest absolute Gasteiger partial charge is 0.495 e. The highest BCUT2D eigenvalue weighted by Gasteiger charge is 2.30. The molecule has 156 valence electrons. The summed E-state index contributed by atoms with van der Waals surface area (Å²) in [7, 11) is -2.38. The van der Waals surface area contributed by atoms with E-state index in [1.165, 1.54) is 36.6 Å². The fourth-order valence-corrected chi connectivity index (χ4v) is 5.08. The van der Waals surface area contributed by atoms with Gasteiger partial charge in [-0.25, -0.2) is 18.1 Å². The first-order valence-corrected chi connectivity index (χ1v) is 11.8. The van der Waals surface area contributed by atoms with E-state index in [-0.39, 0.29) is 22.3 Å². The summed E-state index contributed by atoms with van der Waals surface area (Å²) in [5, 5.41) is 5.04. The number of thiazole rings is 1. The number of aryl methyl sites for hydroxylation is 1. The third-order valence-electron chi connectivity index (χ3n) is 4.69. The molecule has 1 amide bonds. The number of amides is 1. The molecule has 0 aliphatic heterocycles. The quantitative estimate of drug-likeness (QED) is 0.579. The van der Waals surface area contributed by atoms with E-state index in [0.29, 0.717) is 5.13 Å². The highest BCUT2D eigenvalue weighted by molar-refractivity contribution is 7.89. The Bertz CT molecular complexity index is 1180. The van der Waals surface area contributed by atoms with Crippen LogP contribution in [0.4, 0.5) is 5.13 Å². The van der Waals surface area contributed by atoms with Crippen LogP contribution in [0.2, 0.25) is 0 Å². The normalized spacial score (nSPS) is 13.8. The molecule has 0 radical (unpaired) electrons. The van der Waals surface area contributed by atoms with Crippen molar-refractivity contribution in [2.75, 3.05) is 12.4 Å². The Morgan fingerprint density at radius 1 is 1.17 bits per heavy atom. The Labute approximate surface area is 179 Å². The zero-order valence-corrected chi connectivity index (χ0v) is 18.1. The predicted molar refractivity (Wildman–Crippen MR) is 117 cm³/mol. The van der Waals surface area contributed by atoms with E-state index in [2.05, 4.69) is 15.0 Å². The van der Waals surface area contributed by atoms with Crippen molar-refractivity contribution in [2.24, 2.45) is 0 Å². The third-order valence-corrected chi connectivity index (χ3v) is 6.99. The van der Waals surface area contributed by atoms with Crippen LogP contribution in [0.5, 0.6) is 5.75 Å². The fraction of sp³-hybridized carbons (Fsp3) is 0.238. The number of benzene rings is 2. The van der Waals surface area contributed by atoms with Gasteiger partial charge in [0.05, 0.1) is 12.8 Å². The molecule has 3 aromatic rings. The van der Waals surface area contributed by atoms with Gasteiger partial charge < -0.3 is 4.74 Å². The predicted octanol–water partition coefficient (Wildman–Crippen LogP) is 3.82. The summed E-state index contributed by atoms with van der Waals surface area (Å²) < 4.78 is 33.1. The van der Waals surface area contributed by atoms with Crippen LogP contribution < -0.4 is 14.8 Å². The van der Waals surface area contributed by atoms with Crippen LogP contribution in [-0.2, 0) is 10.0 Å². The van der Waals surface area contributed by atoms with E-state index >= 15 is 0 Å². The topological polar surface area (TPSA) is 97.4 Å². The number of hydrogen-bond acceptors (Lipinski definition) is 6. The SMILES string of the molecule is COc1ccc(C(=O)Nc2nc(-c3ccc(C)cc3)cs2)cc1S(=O)(=O)NC1CC1. The molecule has 1 aromatic heterocycles. The first kappa shape index (κ1) is 20.5. The van der Waals surface area contributed by atoms with Crippen LogP contribution in [-0.4, -0.2) is 32.5 Å². The molecule has 1 aliphatic carbocycles. The average Bonchev–Trinajstić information content (AvgIpc) is 3.41. The standard InChI is InChI=1S/C21H21N3O4S2/c1-13-3-5-14(6-4-13)17-12-29-21(22-17)23-20(25)15-7-10-18(28-2)19(11-15)30(26,27)24-16-8-9-16/h3-7,10-12,16,24H,8-9H2,1-2H3,(H,22,23,25). The van der Waals surface area contributed by atoms with Crippen molar-refractivity contribution in [1.29, 1.82) is 0 Å². The summed E-state index contributed by atoms with van der Waals surface area (Å²) in [6.07, 6.45) is 1.63. The molecule has 0 bridgehead atoms. The number of nitrogens with one attached hydrogen (secondary N) is 2. The second-order valence-corrected chi connectivity index (χ2v) is 9.66. The maximum Gasteiger partial charge on any atom is 0.257 e. The third kappa shape index (κ3) is 4.53. The molecule has 9 heteroatoms. The number of sulfonamides is 1. The van der Waals surface area contributed by atoms with Crippen LogP contribution in [0.25, 0.3) is 11.3 Å². The molecule has 0 unspecified atom stereocenters. The van der Waals surface area contributed by atoms with E-state index in [9.17, 15) is 13.2 Å². The van der Waals surface area contributed by atoms with Crippen molar-refractivity contribution in [3.63, 3.8) is 0 Å². The number of nitrogens with zero attached hydrogens (tertiary/aromatic N) is 1. The lowest BCUT2D eigenvalue weighted by atomic mass is 10.1. The van der Waals surface area contributed by atoms with Crippen molar-refractivity contribution in [3.05, 3.63) is 59.0 Å². The van der Waals surface area contributed by atoms with Gasteiger partial charge in [0.1, 0.15) is 10.6 Å². The summed E-state index contributed by atoms with van der Waals surface area (Å²) in [5.41, 5.74) is 3.09. The molecule has 1 heterocycles. The minimum atomic E-state index is -3.77. The second kappa shape index (κ2) is 8.17. The van der Waals surface area contributed by atoms with Gasteiger partial charge in [-0.05, 0) is 38.0 Å². The molecule has 7 nitrogen and oxygen atoms in total. The second-order valence-electron chi connectivity index (χ2n) is 7.12. The average molecular weight is 444 g/mol. The minimum absolute atomic E-state index is 0.0484. The first-order valence-electron chi connectivity index (χ1n) is 9.40. The molecular formula is C21H21N3O4S2. The van der Waals surface area contributed by atoms with Crippen LogP contribution in [0.15, 0.2) is 52.7 Å². The van der Waals surface area contributed by atoms with Crippen molar-refractivity contribution < 1.29 is 17.9 Å². The summed E-state index contributed by atoms with van der Waals surface area (Å²) in [6.45, 7) is 2.01. The zero-order chi connectivity index (χ0) is 21.3. The van der Waals surface area contributed by atoms with E-state index in [1.54, 1.807) is 0 Å². The summed E-state index contributed by atoms with van der Waals surface area (Å²) in [5.74, 6) is -0.249. The highest BCUT2D eigenvalue weighted by atomic mass is 32.2. The van der Waals surface area contributed by atoms with Crippen LogP contribution in [0.3, 0.4) is 0 Å². The van der Waals surface area contributed by atoms with E-state index in [4.69, 9.17) is 4.74 Å². The monoisotopic (exact) mass is 443 g/mol. The van der Waals surface area contributed by atoms with E-state index in [1.807, 2.05) is 36.6 Å². The number of aromatic nitrogens is 1. The smallest absolute Gasteiger partial charge is 0.257 e. The van der Waals surface area contributed by atoms with Crippen LogP contribution >= 0.6 is 11.3 Å². The van der Waals surface area contributed by atoms with Crippen LogP contribution in [0, 0.1) is 6.92 Å². The van der Waals surface area contributed by atoms with Gasteiger partial charge in [0, 0.05) is 22.5 Å². The fourth-order valence-electron chi connectivity index (χ4n) is 2.87. The molecule has 2 N–H and O–H groups in total. The molecule has 2 aromatic carbocycles. The van der Waals surface area contributed by atoms with Gasteiger partial charge in [-0.1, -0.05) is 29.8 Å². The molecule has 30 heavy (non-hydrogen) atoms. The molecule has 0 spiro atoms. The van der Waals surface area contributed by atoms with Gasteiger partial charge in [-0.2, -0.15) is 0 Å². The molecule has 4 rings (SSSR count). The Hall–Kier alpha value is -2.75. The minimum Gasteiger partial charge on any atom is -0.495 e. The lowest BCUT2D eigenvalue weighted by Gasteiger charge is -2.12. The highest BCUT2D eigenvalue weighted by Crippen LogP contribution is 2.29. The molecule has 0 atom stereocenters. The van der Waals surface area contributed by atoms with Crippen molar-refractivity contribution in [2.45, 2.75) is 30.7 Å². The van der Waals surface area contributed by atoms with Gasteiger partial charge >= 0.3 is 0 Å². The molecule has 1 aliphatic rings. The Morgan fingerprint density at radius 2 is 1.90 bits per heavy atom. The zero-order valence-electron chi connectivity index (χ0n) is 16.5. The number of hydrogen-bond donors (Lipinski definition) is 2. The Morgan fingerprint density at radius 3 is 2.57 bits per heavy atom. The van der Waals surface area contributed by atoms with Gasteiger partial charge in [0.15, 0.2) is 5.13 Å². The first-order chi connectivity index (χ1) is 14.4. The summed E-state index contributed by atoms with van der Waals surface area (Å²) in [6, 6.07) is 12.2. The molecule has 1 saturated carbocycles. The maximum absolute atomic E-state index is 12.7. The molecule has 0 saturated heterocycles. The van der Waals surface area contributed by atoms with Gasteiger partial charge in [-0.15, -0.1) is 11.3 Å². The number of carbonyl (C=O) groups is 1. The van der Waals surface area contributed by atoms with Gasteiger partial charge in [0.25, 0.3) is 5.91 Å². The van der Waals surface area contributed by atoms with Crippen LogP contribution in [0.1, 0.15) is 28.8 Å². The number of carbonyl (C=O) groups excluding carboxylic acids is 1. The van der Waals surface area contributed by atoms with Gasteiger partial charge in [0.2, 0.25) is 10.0 Å². The van der Waals surface area contributed by atoms with Crippen molar-refractivity contribution >= 4 is 32.4 Å². The van der Waals surface area contributed by atoms with Crippen molar-refractivity contribution in [3.8, 4) is 17.0 Å². The Balaban J connectivity index is 1.55. The number of anilines is 1. The number of rotatable bonds is 7. The maximum atomic E-state index is 12.7. The number of methoxy groups -OCH3 is 1. The summed E-state index contributed by atoms with van der Waals surface area (Å²) >= 11 is 1.31. The van der Waals surface area contributed by atoms with E-state index in [0.717, 1.165) is 29.7 Å². The lowest BCUT2D eigenvalue weighted by molar-refractivity contribution is 0.102. The van der Waals surface area contributed by atoms with Gasteiger partial charge in [-0.3, -0.25) is 10.1 Å². The summed E-state index contributed by atoms with van der Waals surface area (Å²) in [4.78, 5) is 17.1. The lowest BCUT2D eigenvalue weighted by Crippen LogP contribution is -2.26. The van der Waals surface area contributed by atoms with E-state index < -0.39 is 15.9 Å². The van der Waals surface area contributed by atoms with Crippen molar-refractivity contribution in [1.82, 2.24) is 9.71 Å².